The highest BCUT2D eigenvalue weighted by atomic mass is 19.1. The van der Waals surface area contributed by atoms with Gasteiger partial charge in [-0.3, -0.25) is 14.5 Å². The summed E-state index contributed by atoms with van der Waals surface area (Å²) in [6.07, 6.45) is 20.0. The lowest BCUT2D eigenvalue weighted by molar-refractivity contribution is -0.109. The molecule has 304 valence electrons. The molecule has 0 saturated carbocycles. The number of halogens is 2. The normalized spacial score (nSPS) is 16.8. The van der Waals surface area contributed by atoms with Crippen molar-refractivity contribution in [3.8, 4) is 0 Å². The number of rotatable bonds is 21. The largest absolute Gasteiger partial charge is 0.375 e. The molecule has 55 heavy (non-hydrogen) atoms. The van der Waals surface area contributed by atoms with E-state index in [-0.39, 0.29) is 24.3 Å². The number of piperidine rings is 2. The number of hydrogen-bond acceptors (Lipinski definition) is 9. The summed E-state index contributed by atoms with van der Waals surface area (Å²) in [5, 5.41) is 11.1. The fourth-order valence-electron chi connectivity index (χ4n) is 6.26. The number of aldehydes is 1. The molecular weight excluding hydrogens is 706 g/mol. The zero-order valence-electron chi connectivity index (χ0n) is 33.1. The van der Waals surface area contributed by atoms with E-state index in [0.717, 1.165) is 76.7 Å². The van der Waals surface area contributed by atoms with E-state index in [1.165, 1.54) is 23.9 Å². The van der Waals surface area contributed by atoms with Crippen LogP contribution in [0.3, 0.4) is 0 Å². The molecule has 3 rings (SSSR count). The predicted octanol–water partition coefficient (Wildman–Crippen LogP) is 4.98. The maximum absolute atomic E-state index is 15.4. The molecule has 13 heteroatoms. The van der Waals surface area contributed by atoms with Crippen LogP contribution < -0.4 is 21.3 Å². The van der Waals surface area contributed by atoms with Crippen molar-refractivity contribution in [1.82, 2.24) is 31.1 Å². The van der Waals surface area contributed by atoms with Crippen LogP contribution >= 0.6 is 0 Å². The fourth-order valence-corrected chi connectivity index (χ4v) is 6.26. The summed E-state index contributed by atoms with van der Waals surface area (Å²) in [4.78, 5) is 43.5. The zero-order valence-corrected chi connectivity index (χ0v) is 33.1. The molecule has 2 saturated heterocycles. The van der Waals surface area contributed by atoms with Crippen LogP contribution in [0.4, 0.5) is 8.78 Å². The first-order valence-corrected chi connectivity index (χ1v) is 18.8. The van der Waals surface area contributed by atoms with Gasteiger partial charge in [0.15, 0.2) is 0 Å². The van der Waals surface area contributed by atoms with Gasteiger partial charge in [0.1, 0.15) is 24.7 Å². The van der Waals surface area contributed by atoms with Crippen LogP contribution in [0.5, 0.6) is 0 Å². The van der Waals surface area contributed by atoms with Gasteiger partial charge in [0.25, 0.3) is 0 Å². The second kappa shape index (κ2) is 29.9. The number of ether oxygens (including phenoxy) is 1. The van der Waals surface area contributed by atoms with Crippen LogP contribution in [-0.2, 0) is 30.5 Å². The van der Waals surface area contributed by atoms with E-state index in [4.69, 9.17) is 9.53 Å². The monoisotopic (exact) mass is 768 g/mol. The van der Waals surface area contributed by atoms with Crippen molar-refractivity contribution in [3.05, 3.63) is 101 Å². The number of likely N-dealkylation sites (tertiary alicyclic amines) is 2. The molecule has 0 aromatic heterocycles. The van der Waals surface area contributed by atoms with E-state index in [1.54, 1.807) is 12.3 Å². The molecule has 0 spiro atoms. The summed E-state index contributed by atoms with van der Waals surface area (Å²) in [5.41, 5.74) is 3.67. The molecule has 2 aliphatic heterocycles. The van der Waals surface area contributed by atoms with E-state index in [1.807, 2.05) is 59.0 Å². The predicted molar refractivity (Wildman–Crippen MR) is 217 cm³/mol. The van der Waals surface area contributed by atoms with Crippen molar-refractivity contribution >= 4 is 31.5 Å². The van der Waals surface area contributed by atoms with Crippen LogP contribution in [-0.4, -0.2) is 108 Å². The quantitative estimate of drug-likeness (QED) is 0.0778. The van der Waals surface area contributed by atoms with Gasteiger partial charge in [-0.2, -0.15) is 0 Å². The number of nitrogens with one attached hydrogen (secondary N) is 4. The first-order chi connectivity index (χ1) is 26.7. The molecule has 0 unspecified atom stereocenters. The minimum atomic E-state index is -0.613. The van der Waals surface area contributed by atoms with Gasteiger partial charge in [-0.05, 0) is 95.0 Å². The molecule has 2 fully saturated rings. The Hall–Kier alpha value is -4.40. The van der Waals surface area contributed by atoms with Crippen molar-refractivity contribution in [2.75, 3.05) is 59.9 Å². The van der Waals surface area contributed by atoms with Gasteiger partial charge in [0.05, 0.1) is 12.2 Å². The molecule has 0 atom stereocenters. The number of benzene rings is 1. The van der Waals surface area contributed by atoms with Crippen LogP contribution in [0.2, 0.25) is 0 Å². The summed E-state index contributed by atoms with van der Waals surface area (Å²) in [5.74, 6) is -1.23. The number of carbonyl (C=O) groups is 4. The second-order valence-corrected chi connectivity index (χ2v) is 13.0. The van der Waals surface area contributed by atoms with E-state index >= 15 is 8.78 Å². The summed E-state index contributed by atoms with van der Waals surface area (Å²) in [6.45, 7) is 15.7. The van der Waals surface area contributed by atoms with Crippen LogP contribution in [0.15, 0.2) is 78.2 Å². The van der Waals surface area contributed by atoms with Crippen LogP contribution in [0.1, 0.15) is 63.5 Å². The Morgan fingerprint density at radius 2 is 1.53 bits per heavy atom. The molecule has 2 aliphatic rings. The maximum Gasteiger partial charge on any atom is 0.211 e. The van der Waals surface area contributed by atoms with Gasteiger partial charge in [0, 0.05) is 82.3 Å². The van der Waals surface area contributed by atoms with E-state index in [9.17, 15) is 14.4 Å². The van der Waals surface area contributed by atoms with Gasteiger partial charge in [0.2, 0.25) is 12.8 Å². The van der Waals surface area contributed by atoms with Crippen LogP contribution in [0.25, 0.3) is 5.57 Å². The Kier molecular flexibility index (Phi) is 26.4. The lowest BCUT2D eigenvalue weighted by Gasteiger charge is -2.37. The molecule has 0 radical (unpaired) electrons. The third-order valence-electron chi connectivity index (χ3n) is 9.20. The first kappa shape index (κ1) is 48.6. The SMILES string of the molecule is C=C/C(C)=C(\C=C/C)C(=C\NC=O)/c1cc(F)c(CN2CCC(OC3CCN(CC/C(=C\C=C/NC=O)CNC)CC3)CC2)c(F)c1.C=O.CNCCC=O. The van der Waals surface area contributed by atoms with Gasteiger partial charge in [-0.1, -0.05) is 36.5 Å². The molecular formula is C42H62F2N6O5. The van der Waals surface area contributed by atoms with Gasteiger partial charge in [-0.25, -0.2) is 8.78 Å². The third-order valence-corrected chi connectivity index (χ3v) is 9.20. The topological polar surface area (TPSA) is 132 Å². The van der Waals surface area contributed by atoms with E-state index in [2.05, 4.69) is 37.6 Å². The number of carbonyl (C=O) groups excluding carboxylic acids is 4. The average Bonchev–Trinajstić information content (AvgIpc) is 3.20. The Morgan fingerprint density at radius 3 is 2.02 bits per heavy atom. The molecule has 0 bridgehead atoms. The molecule has 2 amide bonds. The fraction of sp³-hybridized carbons (Fsp3) is 0.476. The molecule has 2 heterocycles. The lowest BCUT2D eigenvalue weighted by Crippen LogP contribution is -2.42. The van der Waals surface area contributed by atoms with Gasteiger partial charge >= 0.3 is 0 Å². The van der Waals surface area contributed by atoms with Crippen molar-refractivity contribution < 1.29 is 32.7 Å². The van der Waals surface area contributed by atoms with E-state index < -0.39 is 11.6 Å². The molecule has 4 N–H and O–H groups in total. The number of likely N-dealkylation sites (N-methyl/N-ethyl adjacent to an activating group) is 1. The Morgan fingerprint density at radius 1 is 0.927 bits per heavy atom. The summed E-state index contributed by atoms with van der Waals surface area (Å²) < 4.78 is 37.3. The molecule has 0 aliphatic carbocycles. The highest BCUT2D eigenvalue weighted by molar-refractivity contribution is 5.84. The number of amides is 2. The molecule has 1 aromatic carbocycles. The third kappa shape index (κ3) is 18.7. The van der Waals surface area contributed by atoms with Crippen molar-refractivity contribution in [2.45, 2.75) is 71.1 Å². The smallest absolute Gasteiger partial charge is 0.211 e. The first-order valence-electron chi connectivity index (χ1n) is 18.8. The van der Waals surface area contributed by atoms with Crippen molar-refractivity contribution in [2.24, 2.45) is 0 Å². The minimum absolute atomic E-state index is 0.0431. The van der Waals surface area contributed by atoms with Crippen molar-refractivity contribution in [1.29, 1.82) is 0 Å². The number of allylic oxidation sites excluding steroid dienone is 8. The van der Waals surface area contributed by atoms with Gasteiger partial charge < -0.3 is 40.5 Å². The minimum Gasteiger partial charge on any atom is -0.375 e. The van der Waals surface area contributed by atoms with Crippen LogP contribution in [0, 0.1) is 11.6 Å². The lowest BCUT2D eigenvalue weighted by atomic mass is 9.93. The number of nitrogens with zero attached hydrogens (tertiary/aromatic N) is 2. The second-order valence-electron chi connectivity index (χ2n) is 13.0. The average molecular weight is 769 g/mol. The highest BCUT2D eigenvalue weighted by Gasteiger charge is 2.27. The van der Waals surface area contributed by atoms with E-state index in [0.29, 0.717) is 49.0 Å². The standard InChI is InChI=1S/C37H51F2N5O3.C4H9NO.CH2O/c1-5-8-33(28(3)6-2)34(24-42-27-46)30-21-36(38)35(37(39)22-30)25-44-19-13-32(14-20-44)47-31-11-17-43(18-12-31)16-10-29(23-40-4)9-7-15-41-26-45;1-5-3-2-4-6;1-2/h5-9,15,21-22,24,26-27,31-32,40H,2,10-14,16-20,23,25H2,1,3-4H3,(H,41,45)(H,42,46);4-5H,2-3H2,1H3;1H2/b8-5-,15-7-,29-9+,33-28+,34-24-;;. The molecule has 1 aromatic rings. The summed E-state index contributed by atoms with van der Waals surface area (Å²) in [6, 6.07) is 2.67. The Labute approximate surface area is 326 Å². The summed E-state index contributed by atoms with van der Waals surface area (Å²) in [7, 11) is 3.75. The van der Waals surface area contributed by atoms with Crippen molar-refractivity contribution in [3.63, 3.8) is 0 Å². The summed E-state index contributed by atoms with van der Waals surface area (Å²) >= 11 is 0. The van der Waals surface area contributed by atoms with Gasteiger partial charge in [-0.15, -0.1) is 0 Å². The molecule has 11 nitrogen and oxygen atoms in total. The number of hydrogen-bond donors (Lipinski definition) is 4. The Balaban J connectivity index is 0.00000172. The zero-order chi connectivity index (χ0) is 40.8. The Bertz CT molecular complexity index is 1440. The maximum atomic E-state index is 15.4. The highest BCUT2D eigenvalue weighted by Crippen LogP contribution is 2.31.